The summed E-state index contributed by atoms with van der Waals surface area (Å²) in [4.78, 5) is 16.2. The highest BCUT2D eigenvalue weighted by atomic mass is 16.2. The second-order valence-corrected chi connectivity index (χ2v) is 6.38. The van der Waals surface area contributed by atoms with E-state index in [0.29, 0.717) is 6.54 Å². The van der Waals surface area contributed by atoms with E-state index in [9.17, 15) is 4.79 Å². The second-order valence-electron chi connectivity index (χ2n) is 6.38. The van der Waals surface area contributed by atoms with E-state index in [0.717, 1.165) is 37.2 Å². The molecule has 1 amide bonds. The van der Waals surface area contributed by atoms with Crippen molar-refractivity contribution < 1.29 is 4.79 Å². The summed E-state index contributed by atoms with van der Waals surface area (Å²) in [6.07, 6.45) is 1.73. The van der Waals surface area contributed by atoms with Crippen LogP contribution in [0.15, 0.2) is 30.3 Å². The van der Waals surface area contributed by atoms with Gasteiger partial charge in [-0.25, -0.2) is 0 Å². The molecule has 0 fully saturated rings. The number of amides is 1. The zero-order chi connectivity index (χ0) is 16.4. The first-order valence-corrected chi connectivity index (χ1v) is 8.09. The van der Waals surface area contributed by atoms with E-state index in [1.807, 2.05) is 53.8 Å². The number of hydrogen-bond donors (Lipinski definition) is 0. The molecular weight excluding hydrogens is 288 g/mol. The summed E-state index contributed by atoms with van der Waals surface area (Å²) in [5, 5.41) is 4.73. The Hall–Kier alpha value is -2.14. The molecule has 122 valence electrons. The quantitative estimate of drug-likeness (QED) is 0.864. The number of aryl methyl sites for hydroxylation is 1. The smallest absolute Gasteiger partial charge is 0.236 e. The van der Waals surface area contributed by atoms with Gasteiger partial charge in [0.1, 0.15) is 0 Å². The van der Waals surface area contributed by atoms with Gasteiger partial charge in [0.25, 0.3) is 0 Å². The van der Waals surface area contributed by atoms with Crippen LogP contribution in [-0.2, 0) is 24.7 Å². The molecule has 23 heavy (non-hydrogen) atoms. The Balaban J connectivity index is 1.85. The highest BCUT2D eigenvalue weighted by Crippen LogP contribution is 2.27. The molecule has 0 N–H and O–H groups in total. The topological polar surface area (TPSA) is 41.4 Å². The van der Waals surface area contributed by atoms with Crippen LogP contribution in [0.5, 0.6) is 0 Å². The number of carbonyl (C=O) groups is 1. The average molecular weight is 312 g/mol. The van der Waals surface area contributed by atoms with Gasteiger partial charge in [-0.2, -0.15) is 5.10 Å². The maximum atomic E-state index is 12.3. The molecule has 1 aliphatic heterocycles. The minimum absolute atomic E-state index is 0.206. The van der Waals surface area contributed by atoms with E-state index in [4.69, 9.17) is 5.10 Å². The van der Waals surface area contributed by atoms with Crippen LogP contribution >= 0.6 is 0 Å². The zero-order valence-corrected chi connectivity index (χ0v) is 14.1. The van der Waals surface area contributed by atoms with Gasteiger partial charge in [-0.15, -0.1) is 0 Å². The van der Waals surface area contributed by atoms with Crippen molar-refractivity contribution in [1.82, 2.24) is 19.6 Å². The van der Waals surface area contributed by atoms with Gasteiger partial charge < -0.3 is 9.80 Å². The Kier molecular flexibility index (Phi) is 4.48. The van der Waals surface area contributed by atoms with Crippen molar-refractivity contribution in [2.24, 2.45) is 7.05 Å². The lowest BCUT2D eigenvalue weighted by atomic mass is 10.0. The molecule has 0 bridgehead atoms. The first-order valence-electron chi connectivity index (χ1n) is 8.09. The molecule has 0 unspecified atom stereocenters. The van der Waals surface area contributed by atoms with Crippen molar-refractivity contribution in [2.45, 2.75) is 12.8 Å². The highest BCUT2D eigenvalue weighted by molar-refractivity contribution is 5.78. The number of likely N-dealkylation sites (N-methyl/N-ethyl adjacent to an activating group) is 1. The van der Waals surface area contributed by atoms with E-state index < -0.39 is 0 Å². The van der Waals surface area contributed by atoms with E-state index in [1.54, 1.807) is 0 Å². The molecule has 0 saturated heterocycles. The maximum absolute atomic E-state index is 12.3. The fourth-order valence-electron chi connectivity index (χ4n) is 3.23. The second kappa shape index (κ2) is 6.54. The summed E-state index contributed by atoms with van der Waals surface area (Å²) in [5.74, 6) is 0.206. The van der Waals surface area contributed by atoms with Crippen LogP contribution in [0.3, 0.4) is 0 Å². The zero-order valence-electron chi connectivity index (χ0n) is 14.1. The minimum Gasteiger partial charge on any atom is -0.341 e. The molecule has 3 rings (SSSR count). The van der Waals surface area contributed by atoms with Crippen molar-refractivity contribution in [2.75, 3.05) is 33.7 Å². The van der Waals surface area contributed by atoms with E-state index >= 15 is 0 Å². The van der Waals surface area contributed by atoms with E-state index in [1.165, 1.54) is 11.3 Å². The standard InChI is InChI=1S/C18H24N4O/c1-20(2)13-17(23)22-11-9-15-16(10-12-22)21(3)19-18(15)14-7-5-4-6-8-14/h4-8H,9-13H2,1-3H3. The van der Waals surface area contributed by atoms with Gasteiger partial charge in [-0.1, -0.05) is 30.3 Å². The third kappa shape index (κ3) is 3.29. The molecule has 0 radical (unpaired) electrons. The lowest BCUT2D eigenvalue weighted by Crippen LogP contribution is -2.39. The van der Waals surface area contributed by atoms with Crippen molar-refractivity contribution in [3.05, 3.63) is 41.6 Å². The Morgan fingerprint density at radius 3 is 2.57 bits per heavy atom. The molecule has 1 aliphatic rings. The fraction of sp³-hybridized carbons (Fsp3) is 0.444. The summed E-state index contributed by atoms with van der Waals surface area (Å²) in [7, 11) is 5.87. The van der Waals surface area contributed by atoms with Crippen molar-refractivity contribution >= 4 is 5.91 Å². The number of hydrogen-bond acceptors (Lipinski definition) is 3. The van der Waals surface area contributed by atoms with Gasteiger partial charge in [0.2, 0.25) is 5.91 Å². The minimum atomic E-state index is 0.206. The first-order chi connectivity index (χ1) is 11.1. The molecule has 2 heterocycles. The largest absolute Gasteiger partial charge is 0.341 e. The van der Waals surface area contributed by atoms with Crippen molar-refractivity contribution in [3.8, 4) is 11.3 Å². The Morgan fingerprint density at radius 1 is 1.17 bits per heavy atom. The normalized spacial score (nSPS) is 14.7. The molecular formula is C18H24N4O. The van der Waals surface area contributed by atoms with Gasteiger partial charge in [0.15, 0.2) is 0 Å². The molecule has 2 aromatic rings. The lowest BCUT2D eigenvalue weighted by molar-refractivity contribution is -0.131. The Morgan fingerprint density at radius 2 is 1.87 bits per heavy atom. The highest BCUT2D eigenvalue weighted by Gasteiger charge is 2.24. The summed E-state index contributed by atoms with van der Waals surface area (Å²) in [5.41, 5.74) is 4.75. The van der Waals surface area contributed by atoms with Gasteiger partial charge in [-0.3, -0.25) is 9.48 Å². The van der Waals surface area contributed by atoms with Crippen LogP contribution < -0.4 is 0 Å². The predicted molar refractivity (Wildman–Crippen MR) is 91.2 cm³/mol. The number of carbonyl (C=O) groups excluding carboxylic acids is 1. The summed E-state index contributed by atoms with van der Waals surface area (Å²) in [6.45, 7) is 2.01. The van der Waals surface area contributed by atoms with Gasteiger partial charge in [-0.05, 0) is 20.5 Å². The van der Waals surface area contributed by atoms with Crippen LogP contribution in [-0.4, -0.2) is 59.2 Å². The van der Waals surface area contributed by atoms with Crippen LogP contribution in [0.4, 0.5) is 0 Å². The summed E-state index contributed by atoms with van der Waals surface area (Å²) < 4.78 is 1.98. The van der Waals surface area contributed by atoms with Crippen LogP contribution in [0.2, 0.25) is 0 Å². The number of nitrogens with zero attached hydrogens (tertiary/aromatic N) is 4. The average Bonchev–Trinajstić information content (AvgIpc) is 2.71. The Bertz CT molecular complexity index is 691. The molecule has 5 heteroatoms. The third-order valence-electron chi connectivity index (χ3n) is 4.38. The van der Waals surface area contributed by atoms with Crippen molar-refractivity contribution in [1.29, 1.82) is 0 Å². The van der Waals surface area contributed by atoms with E-state index in [-0.39, 0.29) is 5.91 Å². The number of benzene rings is 1. The van der Waals surface area contributed by atoms with Gasteiger partial charge in [0.05, 0.1) is 12.2 Å². The van der Waals surface area contributed by atoms with Gasteiger partial charge in [0, 0.05) is 43.4 Å². The van der Waals surface area contributed by atoms with E-state index in [2.05, 4.69) is 12.1 Å². The predicted octanol–water partition coefficient (Wildman–Crippen LogP) is 1.58. The molecule has 5 nitrogen and oxygen atoms in total. The number of rotatable bonds is 3. The fourth-order valence-corrected chi connectivity index (χ4v) is 3.23. The molecule has 1 aromatic heterocycles. The number of aromatic nitrogens is 2. The van der Waals surface area contributed by atoms with Crippen molar-refractivity contribution in [3.63, 3.8) is 0 Å². The van der Waals surface area contributed by atoms with Gasteiger partial charge >= 0.3 is 0 Å². The summed E-state index contributed by atoms with van der Waals surface area (Å²) in [6, 6.07) is 10.3. The Labute approximate surface area is 137 Å². The first kappa shape index (κ1) is 15.7. The molecule has 0 atom stereocenters. The van der Waals surface area contributed by atoms with Crippen LogP contribution in [0.25, 0.3) is 11.3 Å². The molecule has 0 spiro atoms. The lowest BCUT2D eigenvalue weighted by Gasteiger charge is -2.22. The summed E-state index contributed by atoms with van der Waals surface area (Å²) >= 11 is 0. The van der Waals surface area contributed by atoms with Crippen LogP contribution in [0.1, 0.15) is 11.3 Å². The van der Waals surface area contributed by atoms with Crippen LogP contribution in [0, 0.1) is 0 Å². The SMILES string of the molecule is CN(C)CC(=O)N1CCc2c(-c3ccccc3)nn(C)c2CC1. The monoisotopic (exact) mass is 312 g/mol. The number of fused-ring (bicyclic) bond motifs is 1. The maximum Gasteiger partial charge on any atom is 0.236 e. The molecule has 0 aliphatic carbocycles. The third-order valence-corrected chi connectivity index (χ3v) is 4.38. The molecule has 1 aromatic carbocycles. The molecule has 0 saturated carbocycles.